The minimum atomic E-state index is -3.38. The maximum atomic E-state index is 13.8. The number of primary amides is 1. The highest BCUT2D eigenvalue weighted by Gasteiger charge is 2.22. The molecule has 0 saturated carbocycles. The van der Waals surface area contributed by atoms with Crippen LogP contribution in [0.3, 0.4) is 0 Å². The lowest BCUT2D eigenvalue weighted by Crippen LogP contribution is -2.44. The summed E-state index contributed by atoms with van der Waals surface area (Å²) in [6.45, 7) is 1.00. The zero-order valence-electron chi connectivity index (χ0n) is 11.7. The van der Waals surface area contributed by atoms with Crippen LogP contribution in [0.15, 0.2) is 23.1 Å². The average Bonchev–Trinajstić information content (AvgIpc) is 2.40. The van der Waals surface area contributed by atoms with E-state index < -0.39 is 21.7 Å². The van der Waals surface area contributed by atoms with E-state index in [9.17, 15) is 17.6 Å². The van der Waals surface area contributed by atoms with Gasteiger partial charge in [0.25, 0.3) is 0 Å². The maximum Gasteiger partial charge on any atom is 0.314 e. The predicted octanol–water partition coefficient (Wildman–Crippen LogP) is 1.18. The Morgan fingerprint density at radius 2 is 2.00 bits per heavy atom. The molecule has 2 rings (SSSR count). The average molecular weight is 315 g/mol. The van der Waals surface area contributed by atoms with Gasteiger partial charge >= 0.3 is 6.03 Å². The number of halogens is 1. The lowest BCUT2D eigenvalue weighted by molar-refractivity contribution is 0.193. The molecule has 1 aromatic carbocycles. The van der Waals surface area contributed by atoms with Gasteiger partial charge in [-0.15, -0.1) is 0 Å². The van der Waals surface area contributed by atoms with Crippen LogP contribution in [-0.4, -0.2) is 44.7 Å². The Balaban J connectivity index is 2.09. The Kier molecular flexibility index (Phi) is 4.36. The third-order valence-electron chi connectivity index (χ3n) is 3.53. The van der Waals surface area contributed by atoms with E-state index in [-0.39, 0.29) is 16.6 Å². The lowest BCUT2D eigenvalue weighted by atomic mass is 10.0. The van der Waals surface area contributed by atoms with Crippen molar-refractivity contribution >= 4 is 21.6 Å². The number of likely N-dealkylation sites (tertiary alicyclic amines) is 1. The summed E-state index contributed by atoms with van der Waals surface area (Å²) in [5, 5.41) is 3.00. The highest BCUT2D eigenvalue weighted by Crippen LogP contribution is 2.23. The Labute approximate surface area is 123 Å². The maximum absolute atomic E-state index is 13.8. The predicted molar refractivity (Wildman–Crippen MR) is 77.3 cm³/mol. The number of sulfone groups is 1. The van der Waals surface area contributed by atoms with Crippen molar-refractivity contribution in [2.24, 2.45) is 5.73 Å². The van der Waals surface area contributed by atoms with Gasteiger partial charge in [-0.05, 0) is 31.0 Å². The molecule has 0 atom stereocenters. The zero-order chi connectivity index (χ0) is 15.6. The van der Waals surface area contributed by atoms with Crippen molar-refractivity contribution < 1.29 is 17.6 Å². The van der Waals surface area contributed by atoms with Crippen molar-refractivity contribution in [2.45, 2.75) is 23.8 Å². The van der Waals surface area contributed by atoms with Gasteiger partial charge in [0.2, 0.25) is 0 Å². The quantitative estimate of drug-likeness (QED) is 0.819. The summed E-state index contributed by atoms with van der Waals surface area (Å²) in [5.74, 6) is -0.500. The summed E-state index contributed by atoms with van der Waals surface area (Å²) < 4.78 is 36.8. The van der Waals surface area contributed by atoms with Crippen LogP contribution in [0.1, 0.15) is 12.8 Å². The normalized spacial score (nSPS) is 16.8. The SMILES string of the molecule is CS(=O)(=O)c1ccc(F)c(NC2CCN(C(N)=O)CC2)c1. The van der Waals surface area contributed by atoms with Crippen molar-refractivity contribution in [3.8, 4) is 0 Å². The summed E-state index contributed by atoms with van der Waals surface area (Å²) in [6.07, 6.45) is 2.34. The molecule has 1 aromatic rings. The van der Waals surface area contributed by atoms with E-state index in [0.29, 0.717) is 25.9 Å². The fourth-order valence-electron chi connectivity index (χ4n) is 2.31. The molecule has 1 fully saturated rings. The summed E-state index contributed by atoms with van der Waals surface area (Å²) in [6, 6.07) is 3.19. The van der Waals surface area contributed by atoms with E-state index in [0.717, 1.165) is 12.3 Å². The molecular weight excluding hydrogens is 297 g/mol. The van der Waals surface area contributed by atoms with E-state index in [1.54, 1.807) is 0 Å². The van der Waals surface area contributed by atoms with Crippen LogP contribution in [0.4, 0.5) is 14.9 Å². The second kappa shape index (κ2) is 5.88. The Morgan fingerprint density at radius 1 is 1.38 bits per heavy atom. The Morgan fingerprint density at radius 3 is 2.52 bits per heavy atom. The number of anilines is 1. The monoisotopic (exact) mass is 315 g/mol. The summed E-state index contributed by atoms with van der Waals surface area (Å²) >= 11 is 0. The molecule has 1 heterocycles. The molecule has 1 saturated heterocycles. The zero-order valence-corrected chi connectivity index (χ0v) is 12.5. The van der Waals surface area contributed by atoms with Crippen LogP contribution < -0.4 is 11.1 Å². The number of amides is 2. The number of urea groups is 1. The number of hydrogen-bond acceptors (Lipinski definition) is 4. The lowest BCUT2D eigenvalue weighted by Gasteiger charge is -2.31. The van der Waals surface area contributed by atoms with E-state index in [1.165, 1.54) is 17.0 Å². The minimum absolute atomic E-state index is 0.0232. The fourth-order valence-corrected chi connectivity index (χ4v) is 2.96. The fraction of sp³-hybridized carbons (Fsp3) is 0.462. The van der Waals surface area contributed by atoms with E-state index in [4.69, 9.17) is 5.73 Å². The van der Waals surface area contributed by atoms with Gasteiger partial charge in [-0.1, -0.05) is 0 Å². The van der Waals surface area contributed by atoms with Crippen molar-refractivity contribution in [3.63, 3.8) is 0 Å². The van der Waals surface area contributed by atoms with Crippen LogP contribution in [0.5, 0.6) is 0 Å². The highest BCUT2D eigenvalue weighted by molar-refractivity contribution is 7.90. The van der Waals surface area contributed by atoms with Gasteiger partial charge in [0.1, 0.15) is 5.82 Å². The second-order valence-electron chi connectivity index (χ2n) is 5.16. The van der Waals surface area contributed by atoms with Crippen LogP contribution in [0.2, 0.25) is 0 Å². The molecule has 2 amide bonds. The number of nitrogens with one attached hydrogen (secondary N) is 1. The van der Waals surface area contributed by atoms with Gasteiger partial charge in [-0.3, -0.25) is 0 Å². The molecule has 116 valence electrons. The molecule has 0 bridgehead atoms. The second-order valence-corrected chi connectivity index (χ2v) is 7.17. The molecule has 1 aliphatic rings. The smallest absolute Gasteiger partial charge is 0.314 e. The van der Waals surface area contributed by atoms with Crippen LogP contribution in [0.25, 0.3) is 0 Å². The number of hydrogen-bond donors (Lipinski definition) is 2. The Bertz CT molecular complexity index is 640. The number of nitrogens with zero attached hydrogens (tertiary/aromatic N) is 1. The van der Waals surface area contributed by atoms with Crippen LogP contribution in [-0.2, 0) is 9.84 Å². The van der Waals surface area contributed by atoms with Crippen molar-refractivity contribution in [1.82, 2.24) is 4.90 Å². The molecule has 0 radical (unpaired) electrons. The molecule has 0 aromatic heterocycles. The van der Waals surface area contributed by atoms with Gasteiger partial charge in [0.15, 0.2) is 9.84 Å². The number of carbonyl (C=O) groups excluding carboxylic acids is 1. The first-order chi connectivity index (χ1) is 9.77. The van der Waals surface area contributed by atoms with Gasteiger partial charge < -0.3 is 16.0 Å². The first kappa shape index (κ1) is 15.6. The molecule has 6 nitrogen and oxygen atoms in total. The molecular formula is C13H18FN3O3S. The first-order valence-corrected chi connectivity index (χ1v) is 8.47. The highest BCUT2D eigenvalue weighted by atomic mass is 32.2. The molecule has 21 heavy (non-hydrogen) atoms. The molecule has 0 spiro atoms. The van der Waals surface area contributed by atoms with Crippen LogP contribution in [0, 0.1) is 5.82 Å². The van der Waals surface area contributed by atoms with E-state index in [2.05, 4.69) is 5.32 Å². The third kappa shape index (κ3) is 3.84. The van der Waals surface area contributed by atoms with Crippen molar-refractivity contribution in [1.29, 1.82) is 0 Å². The minimum Gasteiger partial charge on any atom is -0.380 e. The number of rotatable bonds is 3. The largest absolute Gasteiger partial charge is 0.380 e. The third-order valence-corrected chi connectivity index (χ3v) is 4.64. The van der Waals surface area contributed by atoms with E-state index in [1.807, 2.05) is 0 Å². The first-order valence-electron chi connectivity index (χ1n) is 6.58. The number of piperidine rings is 1. The van der Waals surface area contributed by atoms with Crippen molar-refractivity contribution in [3.05, 3.63) is 24.0 Å². The van der Waals surface area contributed by atoms with Gasteiger partial charge in [0.05, 0.1) is 10.6 Å². The summed E-state index contributed by atoms with van der Waals surface area (Å²) in [4.78, 5) is 12.6. The van der Waals surface area contributed by atoms with Gasteiger partial charge in [0, 0.05) is 25.4 Å². The topological polar surface area (TPSA) is 92.5 Å². The molecule has 1 aliphatic heterocycles. The van der Waals surface area contributed by atoms with Gasteiger partial charge in [-0.2, -0.15) is 0 Å². The molecule has 0 aliphatic carbocycles. The molecule has 0 unspecified atom stereocenters. The molecule has 3 N–H and O–H groups in total. The van der Waals surface area contributed by atoms with Crippen molar-refractivity contribution in [2.75, 3.05) is 24.7 Å². The molecule has 8 heteroatoms. The number of carbonyl (C=O) groups is 1. The number of benzene rings is 1. The van der Waals surface area contributed by atoms with E-state index >= 15 is 0 Å². The summed E-state index contributed by atoms with van der Waals surface area (Å²) in [7, 11) is -3.38. The Hall–Kier alpha value is -1.83. The summed E-state index contributed by atoms with van der Waals surface area (Å²) in [5.41, 5.74) is 5.36. The van der Waals surface area contributed by atoms with Crippen LogP contribution >= 0.6 is 0 Å². The van der Waals surface area contributed by atoms with Gasteiger partial charge in [-0.25, -0.2) is 17.6 Å². The standard InChI is InChI=1S/C13H18FN3O3S/c1-21(19,20)10-2-3-11(14)12(8-10)16-9-4-6-17(7-5-9)13(15)18/h2-3,8-9,16H,4-7H2,1H3,(H2,15,18). The number of nitrogens with two attached hydrogens (primary N) is 1.